The number of nitrogens with zero attached hydrogens (tertiary/aromatic N) is 4. The summed E-state index contributed by atoms with van der Waals surface area (Å²) in [5.41, 5.74) is 2.77. The number of rotatable bonds is 5. The quantitative estimate of drug-likeness (QED) is 0.317. The Morgan fingerprint density at radius 2 is 2.00 bits per heavy atom. The Kier molecular flexibility index (Phi) is 6.67. The molecule has 180 valence electrons. The number of methoxy groups -OCH3 is 1. The number of fused-ring (bicyclic) bond motifs is 1. The third-order valence-electron chi connectivity index (χ3n) is 5.51. The van der Waals surface area contributed by atoms with Crippen LogP contribution in [0.25, 0.3) is 16.6 Å². The summed E-state index contributed by atoms with van der Waals surface area (Å²) in [6.07, 6.45) is 1.19. The third-order valence-corrected chi connectivity index (χ3v) is 5.92. The van der Waals surface area contributed by atoms with Crippen molar-refractivity contribution in [3.63, 3.8) is 0 Å². The van der Waals surface area contributed by atoms with Crippen molar-refractivity contribution in [1.82, 2.24) is 20.2 Å². The predicted octanol–water partition coefficient (Wildman–Crippen LogP) is 2.99. The molecule has 4 aromatic rings. The lowest BCUT2D eigenvalue weighted by Gasteiger charge is -2.11. The van der Waals surface area contributed by atoms with Crippen molar-refractivity contribution < 1.29 is 9.53 Å². The first-order valence-corrected chi connectivity index (χ1v) is 11.0. The zero-order chi connectivity index (χ0) is 26.0. The lowest BCUT2D eigenvalue weighted by molar-refractivity contribution is 0.0947. The van der Waals surface area contributed by atoms with E-state index >= 15 is 0 Å². The maximum atomic E-state index is 12.9. The van der Waals surface area contributed by atoms with Crippen LogP contribution in [0.3, 0.4) is 0 Å². The van der Waals surface area contributed by atoms with Gasteiger partial charge in [-0.05, 0) is 55.8 Å². The number of nitriles is 1. The minimum absolute atomic E-state index is 0.0975. The summed E-state index contributed by atoms with van der Waals surface area (Å²) in [6.45, 7) is 3.24. The topological polar surface area (TPSA) is 142 Å². The van der Waals surface area contributed by atoms with Gasteiger partial charge in [0.25, 0.3) is 17.0 Å². The van der Waals surface area contributed by atoms with Gasteiger partial charge >= 0.3 is 0 Å². The number of carbonyl (C=O) groups excluding carboxylic acids is 1. The minimum Gasteiger partial charge on any atom is -0.497 e. The molecule has 36 heavy (non-hydrogen) atoms. The molecule has 4 rings (SSSR count). The molecular formula is C25H19ClN6O4. The van der Waals surface area contributed by atoms with Gasteiger partial charge in [0, 0.05) is 21.5 Å². The van der Waals surface area contributed by atoms with Crippen molar-refractivity contribution in [1.29, 1.82) is 5.26 Å². The monoisotopic (exact) mass is 502 g/mol. The molecule has 2 aromatic heterocycles. The number of ether oxygens (including phenoxy) is 1. The normalized spacial score (nSPS) is 11.0. The molecule has 0 spiro atoms. The van der Waals surface area contributed by atoms with Gasteiger partial charge in [0.15, 0.2) is 5.69 Å². The Bertz CT molecular complexity index is 1720. The first-order chi connectivity index (χ1) is 17.2. The van der Waals surface area contributed by atoms with Crippen LogP contribution >= 0.6 is 11.6 Å². The summed E-state index contributed by atoms with van der Waals surface area (Å²) < 4.78 is 6.14. The summed E-state index contributed by atoms with van der Waals surface area (Å²) >= 11 is 6.17. The fourth-order valence-corrected chi connectivity index (χ4v) is 3.65. The molecule has 0 bridgehead atoms. The van der Waals surface area contributed by atoms with Crippen LogP contribution in [0.2, 0.25) is 5.02 Å². The largest absolute Gasteiger partial charge is 0.497 e. The number of aromatic nitrogens is 3. The van der Waals surface area contributed by atoms with Gasteiger partial charge in [0.2, 0.25) is 0 Å². The molecule has 2 aromatic carbocycles. The zero-order valence-corrected chi connectivity index (χ0v) is 20.2. The van der Waals surface area contributed by atoms with Crippen LogP contribution < -0.4 is 21.3 Å². The molecule has 1 amide bonds. The highest BCUT2D eigenvalue weighted by molar-refractivity contribution is 6.31. The van der Waals surface area contributed by atoms with E-state index < -0.39 is 17.0 Å². The van der Waals surface area contributed by atoms with Crippen LogP contribution in [-0.2, 0) is 0 Å². The molecule has 10 nitrogen and oxygen atoms in total. The number of benzene rings is 2. The van der Waals surface area contributed by atoms with Gasteiger partial charge in [0.05, 0.1) is 24.6 Å². The van der Waals surface area contributed by atoms with Crippen LogP contribution in [0.1, 0.15) is 32.7 Å². The number of hydrazone groups is 1. The second-order valence-electron chi connectivity index (χ2n) is 7.82. The molecule has 11 heteroatoms. The van der Waals surface area contributed by atoms with E-state index in [0.29, 0.717) is 27.4 Å². The van der Waals surface area contributed by atoms with Gasteiger partial charge in [-0.25, -0.2) is 5.43 Å². The van der Waals surface area contributed by atoms with E-state index in [0.717, 1.165) is 10.2 Å². The van der Waals surface area contributed by atoms with Crippen LogP contribution in [0.15, 0.2) is 57.2 Å². The lowest BCUT2D eigenvalue weighted by atomic mass is 10.1. The third kappa shape index (κ3) is 4.60. The molecule has 0 aliphatic carbocycles. The lowest BCUT2D eigenvalue weighted by Crippen LogP contribution is -2.31. The number of halogens is 1. The minimum atomic E-state index is -0.772. The molecule has 2 N–H and O–H groups in total. The molecule has 0 atom stereocenters. The number of H-pyrrole nitrogens is 1. The fourth-order valence-electron chi connectivity index (χ4n) is 3.48. The Labute approximate surface area is 209 Å². The van der Waals surface area contributed by atoms with Gasteiger partial charge < -0.3 is 9.72 Å². The van der Waals surface area contributed by atoms with E-state index in [2.05, 4.69) is 20.6 Å². The van der Waals surface area contributed by atoms with Gasteiger partial charge in [-0.1, -0.05) is 17.7 Å². The predicted molar refractivity (Wildman–Crippen MR) is 135 cm³/mol. The summed E-state index contributed by atoms with van der Waals surface area (Å²) in [4.78, 5) is 40.8. The number of amides is 1. The van der Waals surface area contributed by atoms with E-state index in [-0.39, 0.29) is 22.4 Å². The summed E-state index contributed by atoms with van der Waals surface area (Å²) in [6, 6.07) is 13.4. The molecule has 0 aliphatic heterocycles. The number of aryl methyl sites for hydroxylation is 1. The molecule has 0 aliphatic rings. The smallest absolute Gasteiger partial charge is 0.292 e. The van der Waals surface area contributed by atoms with E-state index in [1.807, 2.05) is 6.07 Å². The highest BCUT2D eigenvalue weighted by Gasteiger charge is 2.20. The van der Waals surface area contributed by atoms with E-state index in [1.54, 1.807) is 43.3 Å². The van der Waals surface area contributed by atoms with Crippen molar-refractivity contribution in [2.75, 3.05) is 7.11 Å². The number of aromatic amines is 1. The Hall–Kier alpha value is -4.75. The van der Waals surface area contributed by atoms with Crippen molar-refractivity contribution in [2.45, 2.75) is 13.8 Å². The second kappa shape index (κ2) is 9.85. The van der Waals surface area contributed by atoms with E-state index in [4.69, 9.17) is 16.3 Å². The van der Waals surface area contributed by atoms with E-state index in [9.17, 15) is 19.6 Å². The van der Waals surface area contributed by atoms with Crippen LogP contribution in [-0.4, -0.2) is 34.0 Å². The molecule has 0 saturated heterocycles. The summed E-state index contributed by atoms with van der Waals surface area (Å²) in [7, 11) is 1.54. The fraction of sp³-hybridized carbons (Fsp3) is 0.120. The first kappa shape index (κ1) is 24.4. The molecule has 0 unspecified atom stereocenters. The van der Waals surface area contributed by atoms with Gasteiger partial charge in [-0.3, -0.25) is 14.4 Å². The zero-order valence-electron chi connectivity index (χ0n) is 19.4. The first-order valence-electron chi connectivity index (χ1n) is 10.6. The van der Waals surface area contributed by atoms with Gasteiger partial charge in [0.1, 0.15) is 17.4 Å². The Morgan fingerprint density at radius 1 is 1.22 bits per heavy atom. The highest BCUT2D eigenvalue weighted by Crippen LogP contribution is 2.20. The van der Waals surface area contributed by atoms with Crippen molar-refractivity contribution in [3.8, 4) is 17.5 Å². The molecular weight excluding hydrogens is 484 g/mol. The second-order valence-corrected chi connectivity index (χ2v) is 8.22. The standard InChI is InChI=1S/C25H19ClN6O4/c1-13-4-5-17(10-20(13)26)32-25(35)19(11-27)14(2)22(31-32)24(34)30-28-12-16-8-15-9-18(36-3)6-7-21(15)29-23(16)33/h4-10,12H,1-3H3,(H,29,33)(H,30,34)/b28-12+. The van der Waals surface area contributed by atoms with E-state index in [1.165, 1.54) is 26.3 Å². The Balaban J connectivity index is 1.68. The number of hydrogen-bond donors (Lipinski definition) is 2. The SMILES string of the molecule is COc1ccc2[nH]c(=O)c(/C=N/NC(=O)c3nn(-c4ccc(C)c(Cl)c4)c(=O)c(C#N)c3C)cc2c1. The number of nitrogens with one attached hydrogen (secondary N) is 2. The maximum Gasteiger partial charge on any atom is 0.292 e. The number of pyridine rings is 1. The molecule has 2 heterocycles. The molecule has 0 saturated carbocycles. The maximum absolute atomic E-state index is 12.9. The average molecular weight is 503 g/mol. The molecule has 0 radical (unpaired) electrons. The summed E-state index contributed by atoms with van der Waals surface area (Å²) in [5, 5.41) is 18.7. The average Bonchev–Trinajstić information content (AvgIpc) is 2.86. The highest BCUT2D eigenvalue weighted by atomic mass is 35.5. The Morgan fingerprint density at radius 3 is 2.69 bits per heavy atom. The van der Waals surface area contributed by atoms with Gasteiger partial charge in [-0.15, -0.1) is 0 Å². The van der Waals surface area contributed by atoms with Crippen molar-refractivity contribution >= 4 is 34.6 Å². The van der Waals surface area contributed by atoms with Crippen LogP contribution in [0, 0.1) is 25.2 Å². The van der Waals surface area contributed by atoms with Gasteiger partial charge in [-0.2, -0.15) is 20.1 Å². The van der Waals surface area contributed by atoms with Crippen molar-refractivity contribution in [2.24, 2.45) is 5.10 Å². The van der Waals surface area contributed by atoms with Crippen LogP contribution in [0.4, 0.5) is 0 Å². The van der Waals surface area contributed by atoms with Crippen molar-refractivity contribution in [3.05, 3.63) is 96.1 Å². The van der Waals surface area contributed by atoms with Crippen LogP contribution in [0.5, 0.6) is 5.75 Å². The number of carbonyl (C=O) groups is 1. The molecule has 0 fully saturated rings. The summed E-state index contributed by atoms with van der Waals surface area (Å²) in [5.74, 6) is -0.156. The number of hydrogen-bond acceptors (Lipinski definition) is 7.